The van der Waals surface area contributed by atoms with Crippen LogP contribution in [-0.4, -0.2) is 24.6 Å². The van der Waals surface area contributed by atoms with Gasteiger partial charge in [-0.2, -0.15) is 4.98 Å². The Morgan fingerprint density at radius 2 is 1.86 bits per heavy atom. The van der Waals surface area contributed by atoms with Crippen molar-refractivity contribution in [3.8, 4) is 11.6 Å². The number of nitrogens with zero attached hydrogens (tertiary/aromatic N) is 2. The fourth-order valence-corrected chi connectivity index (χ4v) is 2.73. The Labute approximate surface area is 134 Å². The van der Waals surface area contributed by atoms with E-state index in [9.17, 15) is 8.42 Å². The van der Waals surface area contributed by atoms with Gasteiger partial charge in [0.15, 0.2) is 5.75 Å². The van der Waals surface area contributed by atoms with Gasteiger partial charge in [-0.05, 0) is 44.5 Å². The predicted octanol–water partition coefficient (Wildman–Crippen LogP) is 3.22. The predicted molar refractivity (Wildman–Crippen MR) is 86.2 cm³/mol. The van der Waals surface area contributed by atoms with Crippen LogP contribution in [-0.2, 0) is 10.0 Å². The van der Waals surface area contributed by atoms with Gasteiger partial charge in [-0.1, -0.05) is 11.6 Å². The summed E-state index contributed by atoms with van der Waals surface area (Å²) in [6.07, 6.45) is 1.05. The molecule has 2 aromatic rings. The van der Waals surface area contributed by atoms with Crippen molar-refractivity contribution in [1.82, 2.24) is 9.97 Å². The minimum atomic E-state index is -3.46. The molecule has 0 aromatic carbocycles. The molecule has 0 aliphatic carbocycles. The molecule has 0 saturated carbocycles. The third-order valence-electron chi connectivity index (χ3n) is 2.78. The Morgan fingerprint density at radius 3 is 2.45 bits per heavy atom. The van der Waals surface area contributed by atoms with Crippen molar-refractivity contribution >= 4 is 27.3 Å². The maximum Gasteiger partial charge on any atom is 0.245 e. The number of pyridine rings is 2. The molecule has 2 aromatic heterocycles. The second kappa shape index (κ2) is 6.10. The van der Waals surface area contributed by atoms with Crippen LogP contribution >= 0.6 is 11.6 Å². The summed E-state index contributed by atoms with van der Waals surface area (Å²) in [5.74, 6) is 0.603. The highest BCUT2D eigenvalue weighted by Gasteiger charge is 2.15. The molecule has 0 spiro atoms. The lowest BCUT2D eigenvalue weighted by atomic mass is 10.2. The summed E-state index contributed by atoms with van der Waals surface area (Å²) in [6, 6.07) is 4.85. The third kappa shape index (κ3) is 4.08. The largest absolute Gasteiger partial charge is 0.435 e. The third-order valence-corrected chi connectivity index (χ3v) is 3.58. The van der Waals surface area contributed by atoms with Crippen molar-refractivity contribution in [3.05, 3.63) is 40.3 Å². The average Bonchev–Trinajstić information content (AvgIpc) is 2.35. The summed E-state index contributed by atoms with van der Waals surface area (Å²) in [6.45, 7) is 5.58. The van der Waals surface area contributed by atoms with E-state index >= 15 is 0 Å². The average molecular weight is 342 g/mol. The number of halogens is 1. The molecule has 118 valence electrons. The quantitative estimate of drug-likeness (QED) is 0.863. The van der Waals surface area contributed by atoms with Gasteiger partial charge in [-0.15, -0.1) is 0 Å². The number of aryl methyl sites for hydroxylation is 3. The number of sulfonamides is 1. The second-order valence-electron chi connectivity index (χ2n) is 4.96. The molecule has 2 heterocycles. The van der Waals surface area contributed by atoms with Crippen LogP contribution in [0.25, 0.3) is 0 Å². The molecule has 0 radical (unpaired) electrons. The molecule has 22 heavy (non-hydrogen) atoms. The number of anilines is 1. The monoisotopic (exact) mass is 341 g/mol. The Kier molecular flexibility index (Phi) is 4.58. The van der Waals surface area contributed by atoms with Gasteiger partial charge in [-0.25, -0.2) is 8.42 Å². The fourth-order valence-electron chi connectivity index (χ4n) is 2.04. The van der Waals surface area contributed by atoms with E-state index in [0.29, 0.717) is 11.4 Å². The molecule has 2 rings (SSSR count). The molecule has 8 heteroatoms. The fraction of sp³-hybridized carbons (Fsp3) is 0.286. The van der Waals surface area contributed by atoms with Gasteiger partial charge in [0, 0.05) is 5.69 Å². The summed E-state index contributed by atoms with van der Waals surface area (Å²) in [5, 5.41) is 0.199. The zero-order valence-corrected chi connectivity index (χ0v) is 14.2. The van der Waals surface area contributed by atoms with Crippen LogP contribution in [0.1, 0.15) is 17.0 Å². The van der Waals surface area contributed by atoms with E-state index in [-0.39, 0.29) is 16.7 Å². The summed E-state index contributed by atoms with van der Waals surface area (Å²) in [7, 11) is -3.46. The van der Waals surface area contributed by atoms with Crippen molar-refractivity contribution in [1.29, 1.82) is 0 Å². The first-order valence-corrected chi connectivity index (χ1v) is 8.69. The standard InChI is InChI=1S/C14H16ClN3O3S/c1-8-7-9(2)16-10(3)13(8)21-14-11(18-22(4,19)20)5-6-12(15)17-14/h5-7,18H,1-4H3. The number of hydrogen-bond donors (Lipinski definition) is 1. The first kappa shape index (κ1) is 16.5. The molecule has 0 unspecified atom stereocenters. The van der Waals surface area contributed by atoms with Gasteiger partial charge < -0.3 is 4.74 Å². The maximum atomic E-state index is 11.4. The lowest BCUT2D eigenvalue weighted by molar-refractivity contribution is 0.455. The van der Waals surface area contributed by atoms with E-state index in [0.717, 1.165) is 17.5 Å². The van der Waals surface area contributed by atoms with Crippen LogP contribution in [0.15, 0.2) is 18.2 Å². The Bertz CT molecular complexity index is 799. The van der Waals surface area contributed by atoms with E-state index in [1.165, 1.54) is 12.1 Å². The molecule has 0 fully saturated rings. The molecule has 0 aliphatic rings. The normalized spacial score (nSPS) is 11.3. The molecule has 1 N–H and O–H groups in total. The topological polar surface area (TPSA) is 81.2 Å². The summed E-state index contributed by atoms with van der Waals surface area (Å²) >= 11 is 5.88. The zero-order chi connectivity index (χ0) is 16.5. The van der Waals surface area contributed by atoms with Gasteiger partial charge >= 0.3 is 0 Å². The van der Waals surface area contributed by atoms with E-state index in [2.05, 4.69) is 14.7 Å². The van der Waals surface area contributed by atoms with Gasteiger partial charge in [0.05, 0.1) is 11.9 Å². The summed E-state index contributed by atoms with van der Waals surface area (Å²) in [4.78, 5) is 8.38. The Hall–Kier alpha value is -1.86. The van der Waals surface area contributed by atoms with E-state index in [1.807, 2.05) is 26.8 Å². The number of nitrogens with one attached hydrogen (secondary N) is 1. The van der Waals surface area contributed by atoms with Gasteiger partial charge in [-0.3, -0.25) is 9.71 Å². The molecule has 0 aliphatic heterocycles. The zero-order valence-electron chi connectivity index (χ0n) is 12.6. The van der Waals surface area contributed by atoms with Gasteiger partial charge in [0.1, 0.15) is 10.8 Å². The number of aromatic nitrogens is 2. The highest BCUT2D eigenvalue weighted by Crippen LogP contribution is 2.33. The minimum Gasteiger partial charge on any atom is -0.435 e. The summed E-state index contributed by atoms with van der Waals surface area (Å²) in [5.41, 5.74) is 2.64. The van der Waals surface area contributed by atoms with Crippen LogP contribution in [0.3, 0.4) is 0 Å². The minimum absolute atomic E-state index is 0.0785. The number of hydrogen-bond acceptors (Lipinski definition) is 5. The molecule has 0 amide bonds. The lowest BCUT2D eigenvalue weighted by Crippen LogP contribution is -2.11. The number of ether oxygens (including phenoxy) is 1. The summed E-state index contributed by atoms with van der Waals surface area (Å²) < 4.78 is 31.0. The van der Waals surface area contributed by atoms with Gasteiger partial charge in [0.2, 0.25) is 15.9 Å². The van der Waals surface area contributed by atoms with Crippen LogP contribution in [0.4, 0.5) is 5.69 Å². The van der Waals surface area contributed by atoms with E-state index in [1.54, 1.807) is 0 Å². The van der Waals surface area contributed by atoms with Gasteiger partial charge in [0.25, 0.3) is 0 Å². The van der Waals surface area contributed by atoms with E-state index in [4.69, 9.17) is 16.3 Å². The van der Waals surface area contributed by atoms with Crippen molar-refractivity contribution in [2.24, 2.45) is 0 Å². The first-order chi connectivity index (χ1) is 10.2. The molecular formula is C14H16ClN3O3S. The molecular weight excluding hydrogens is 326 g/mol. The maximum absolute atomic E-state index is 11.4. The Balaban J connectivity index is 2.47. The molecule has 6 nitrogen and oxygen atoms in total. The van der Waals surface area contributed by atoms with Crippen molar-refractivity contribution < 1.29 is 13.2 Å². The molecule has 0 atom stereocenters. The van der Waals surface area contributed by atoms with Crippen molar-refractivity contribution in [2.45, 2.75) is 20.8 Å². The number of rotatable bonds is 4. The van der Waals surface area contributed by atoms with Crippen LogP contribution in [0, 0.1) is 20.8 Å². The Morgan fingerprint density at radius 1 is 1.18 bits per heavy atom. The molecule has 0 saturated heterocycles. The van der Waals surface area contributed by atoms with Crippen LogP contribution in [0.2, 0.25) is 5.15 Å². The lowest BCUT2D eigenvalue weighted by Gasteiger charge is -2.14. The smallest absolute Gasteiger partial charge is 0.245 e. The van der Waals surface area contributed by atoms with Crippen molar-refractivity contribution in [3.63, 3.8) is 0 Å². The first-order valence-electron chi connectivity index (χ1n) is 6.43. The van der Waals surface area contributed by atoms with Crippen LogP contribution < -0.4 is 9.46 Å². The SMILES string of the molecule is Cc1cc(C)c(Oc2nc(Cl)ccc2NS(C)(=O)=O)c(C)n1. The van der Waals surface area contributed by atoms with Crippen LogP contribution in [0.5, 0.6) is 11.6 Å². The highest BCUT2D eigenvalue weighted by atomic mass is 35.5. The van der Waals surface area contributed by atoms with Crippen molar-refractivity contribution in [2.75, 3.05) is 11.0 Å². The van der Waals surface area contributed by atoms with E-state index < -0.39 is 10.0 Å². The highest BCUT2D eigenvalue weighted by molar-refractivity contribution is 7.92. The second-order valence-corrected chi connectivity index (χ2v) is 7.09. The molecule has 0 bridgehead atoms.